The normalized spacial score (nSPS) is 12.4. The number of phenolic OH excluding ortho intramolecular Hbond substituents is 3. The first kappa shape index (κ1) is 13.1. The lowest BCUT2D eigenvalue weighted by atomic mass is 9.99. The second-order valence-corrected chi connectivity index (χ2v) is 3.46. The Kier molecular flexibility index (Phi) is 3.77. The Bertz CT molecular complexity index is 441. The highest BCUT2D eigenvalue weighted by Crippen LogP contribution is 2.40. The molecule has 1 aromatic carbocycles. The lowest BCUT2D eigenvalue weighted by molar-refractivity contribution is 0.0689. The number of aromatic hydroxyl groups is 3. The number of benzene rings is 1. The van der Waals surface area contributed by atoms with Gasteiger partial charge in [0.1, 0.15) is 0 Å². The first-order chi connectivity index (χ1) is 7.88. The molecule has 0 heterocycles. The molecule has 1 unspecified atom stereocenters. The number of aliphatic hydroxyl groups excluding tert-OH is 2. The van der Waals surface area contributed by atoms with Crippen LogP contribution in [-0.2, 0) is 6.42 Å². The number of hydrogen-bond donors (Lipinski definition) is 6. The Morgan fingerprint density at radius 2 is 1.82 bits per heavy atom. The minimum atomic E-state index is -1.43. The predicted molar refractivity (Wildman–Crippen MR) is 55.2 cm³/mol. The second-order valence-electron chi connectivity index (χ2n) is 3.46. The van der Waals surface area contributed by atoms with Crippen molar-refractivity contribution in [2.75, 3.05) is 6.61 Å². The van der Waals surface area contributed by atoms with E-state index >= 15 is 0 Å². The van der Waals surface area contributed by atoms with Crippen molar-refractivity contribution in [2.24, 2.45) is 0 Å². The molecular formula is C10H12O7. The smallest absolute Gasteiger partial charge is 0.336 e. The van der Waals surface area contributed by atoms with E-state index in [1.807, 2.05) is 0 Å². The summed E-state index contributed by atoms with van der Waals surface area (Å²) in [6.45, 7) is -0.625. The van der Waals surface area contributed by atoms with E-state index in [1.54, 1.807) is 0 Å². The molecule has 1 rings (SSSR count). The van der Waals surface area contributed by atoms with Crippen molar-refractivity contribution in [3.63, 3.8) is 0 Å². The fourth-order valence-corrected chi connectivity index (χ4v) is 1.38. The topological polar surface area (TPSA) is 138 Å². The maximum absolute atomic E-state index is 10.9. The molecule has 0 saturated heterocycles. The van der Waals surface area contributed by atoms with Crippen LogP contribution in [0.4, 0.5) is 0 Å². The molecule has 17 heavy (non-hydrogen) atoms. The molecule has 0 spiro atoms. The molecule has 0 fully saturated rings. The highest BCUT2D eigenvalue weighted by atomic mass is 16.4. The van der Waals surface area contributed by atoms with E-state index in [0.717, 1.165) is 6.07 Å². The summed E-state index contributed by atoms with van der Waals surface area (Å²) in [5, 5.41) is 54.6. The van der Waals surface area contributed by atoms with Gasteiger partial charge in [0.25, 0.3) is 0 Å². The summed E-state index contributed by atoms with van der Waals surface area (Å²) in [7, 11) is 0. The Morgan fingerprint density at radius 3 is 2.29 bits per heavy atom. The predicted octanol–water partition coefficient (Wildman–Crippen LogP) is -0.603. The molecule has 0 radical (unpaired) electrons. The third-order valence-electron chi connectivity index (χ3n) is 2.24. The van der Waals surface area contributed by atoms with Gasteiger partial charge in [0.2, 0.25) is 5.75 Å². The quantitative estimate of drug-likeness (QED) is 0.389. The Balaban J connectivity index is 3.33. The van der Waals surface area contributed by atoms with Crippen molar-refractivity contribution >= 4 is 5.97 Å². The number of aromatic carboxylic acids is 1. The monoisotopic (exact) mass is 244 g/mol. The van der Waals surface area contributed by atoms with Gasteiger partial charge in [-0.25, -0.2) is 4.79 Å². The fourth-order valence-electron chi connectivity index (χ4n) is 1.38. The zero-order valence-electron chi connectivity index (χ0n) is 8.66. The average molecular weight is 244 g/mol. The standard InChI is InChI=1S/C10H12O7/c11-3-4(12)1-5-6(10(16)17)2-7(13)9(15)8(5)14/h2,4,11-15H,1,3H2,(H,16,17). The van der Waals surface area contributed by atoms with Crippen molar-refractivity contribution in [1.82, 2.24) is 0 Å². The average Bonchev–Trinajstić information content (AvgIpc) is 2.28. The fraction of sp³-hybridized carbons (Fsp3) is 0.300. The first-order valence-corrected chi connectivity index (χ1v) is 4.67. The summed E-state index contributed by atoms with van der Waals surface area (Å²) in [4.78, 5) is 10.9. The van der Waals surface area contributed by atoms with E-state index in [1.165, 1.54) is 0 Å². The van der Waals surface area contributed by atoms with Crippen molar-refractivity contribution in [2.45, 2.75) is 12.5 Å². The minimum Gasteiger partial charge on any atom is -0.504 e. The summed E-state index contributed by atoms with van der Waals surface area (Å²) >= 11 is 0. The third-order valence-corrected chi connectivity index (χ3v) is 2.24. The molecule has 94 valence electrons. The lowest BCUT2D eigenvalue weighted by Gasteiger charge is -2.13. The molecular weight excluding hydrogens is 232 g/mol. The van der Waals surface area contributed by atoms with Crippen LogP contribution in [0, 0.1) is 0 Å². The summed E-state index contributed by atoms with van der Waals surface area (Å²) in [6.07, 6.45) is -1.64. The minimum absolute atomic E-state index is 0.255. The summed E-state index contributed by atoms with van der Waals surface area (Å²) in [6, 6.07) is 0.761. The van der Waals surface area contributed by atoms with Gasteiger partial charge in [-0.15, -0.1) is 0 Å². The van der Waals surface area contributed by atoms with Gasteiger partial charge in [-0.05, 0) is 6.07 Å². The van der Waals surface area contributed by atoms with Gasteiger partial charge >= 0.3 is 5.97 Å². The van der Waals surface area contributed by atoms with Crippen LogP contribution < -0.4 is 0 Å². The number of carbonyl (C=O) groups is 1. The summed E-state index contributed by atoms with van der Waals surface area (Å²) < 4.78 is 0. The first-order valence-electron chi connectivity index (χ1n) is 4.67. The van der Waals surface area contributed by atoms with Gasteiger partial charge in [0, 0.05) is 12.0 Å². The number of rotatable bonds is 4. The number of aliphatic hydroxyl groups is 2. The van der Waals surface area contributed by atoms with E-state index in [4.69, 9.17) is 15.3 Å². The van der Waals surface area contributed by atoms with Crippen molar-refractivity contribution in [3.8, 4) is 17.2 Å². The molecule has 7 heteroatoms. The van der Waals surface area contributed by atoms with Crippen LogP contribution in [0.3, 0.4) is 0 Å². The maximum Gasteiger partial charge on any atom is 0.336 e. The Labute approximate surface area is 95.8 Å². The largest absolute Gasteiger partial charge is 0.504 e. The molecule has 6 N–H and O–H groups in total. The zero-order valence-corrected chi connectivity index (χ0v) is 8.66. The number of carboxylic acids is 1. The zero-order chi connectivity index (χ0) is 13.2. The molecule has 0 amide bonds. The number of carboxylic acid groups (broad SMARTS) is 1. The number of hydrogen-bond acceptors (Lipinski definition) is 6. The third kappa shape index (κ3) is 2.58. The summed E-state index contributed by atoms with van der Waals surface area (Å²) in [5.41, 5.74) is -0.709. The number of phenols is 3. The van der Waals surface area contributed by atoms with Crippen LogP contribution in [0.2, 0.25) is 0 Å². The van der Waals surface area contributed by atoms with Crippen molar-refractivity contribution in [3.05, 3.63) is 17.2 Å². The molecule has 7 nitrogen and oxygen atoms in total. The van der Waals surface area contributed by atoms with Gasteiger partial charge in [-0.3, -0.25) is 0 Å². The molecule has 1 atom stereocenters. The second kappa shape index (κ2) is 4.89. The molecule has 0 bridgehead atoms. The lowest BCUT2D eigenvalue weighted by Crippen LogP contribution is -2.17. The van der Waals surface area contributed by atoms with E-state index in [9.17, 15) is 20.1 Å². The van der Waals surface area contributed by atoms with Crippen LogP contribution >= 0.6 is 0 Å². The highest BCUT2D eigenvalue weighted by molar-refractivity contribution is 5.91. The van der Waals surface area contributed by atoms with Crippen LogP contribution in [0.1, 0.15) is 15.9 Å². The summed E-state index contributed by atoms with van der Waals surface area (Å²) in [5.74, 6) is -3.90. The van der Waals surface area contributed by atoms with E-state index in [2.05, 4.69) is 0 Å². The molecule has 0 aliphatic rings. The van der Waals surface area contributed by atoms with E-state index < -0.39 is 41.5 Å². The molecule has 1 aromatic rings. The SMILES string of the molecule is O=C(O)c1cc(O)c(O)c(O)c1CC(O)CO. The Hall–Kier alpha value is -1.99. The van der Waals surface area contributed by atoms with Gasteiger partial charge in [-0.2, -0.15) is 0 Å². The van der Waals surface area contributed by atoms with Gasteiger partial charge in [-0.1, -0.05) is 0 Å². The van der Waals surface area contributed by atoms with Crippen LogP contribution in [0.5, 0.6) is 17.2 Å². The van der Waals surface area contributed by atoms with E-state index in [0.29, 0.717) is 0 Å². The van der Waals surface area contributed by atoms with Crippen LogP contribution in [0.15, 0.2) is 6.07 Å². The Morgan fingerprint density at radius 1 is 1.24 bits per heavy atom. The van der Waals surface area contributed by atoms with E-state index in [-0.39, 0.29) is 12.0 Å². The highest BCUT2D eigenvalue weighted by Gasteiger charge is 2.22. The molecule has 0 saturated carbocycles. The van der Waals surface area contributed by atoms with Crippen molar-refractivity contribution in [1.29, 1.82) is 0 Å². The van der Waals surface area contributed by atoms with Gasteiger partial charge in [0.05, 0.1) is 18.3 Å². The van der Waals surface area contributed by atoms with Crippen LogP contribution in [-0.4, -0.2) is 49.3 Å². The van der Waals surface area contributed by atoms with Crippen LogP contribution in [0.25, 0.3) is 0 Å². The maximum atomic E-state index is 10.9. The molecule has 0 aliphatic carbocycles. The van der Waals surface area contributed by atoms with Gasteiger partial charge < -0.3 is 30.6 Å². The molecule has 0 aliphatic heterocycles. The van der Waals surface area contributed by atoms with Crippen molar-refractivity contribution < 1.29 is 35.4 Å². The van der Waals surface area contributed by atoms with Gasteiger partial charge in [0.15, 0.2) is 11.5 Å². The molecule has 0 aromatic heterocycles.